The van der Waals surface area contributed by atoms with E-state index in [1.807, 2.05) is 0 Å². The van der Waals surface area contributed by atoms with E-state index in [-0.39, 0.29) is 23.2 Å². The molecule has 1 aliphatic heterocycles. The summed E-state index contributed by atoms with van der Waals surface area (Å²) in [5.41, 5.74) is 0.950. The molecule has 1 fully saturated rings. The Kier molecular flexibility index (Phi) is 5.53. The van der Waals surface area contributed by atoms with Gasteiger partial charge in [-0.3, -0.25) is 4.79 Å². The molecular weight excluding hydrogens is 283 g/mol. The van der Waals surface area contributed by atoms with Crippen LogP contribution in [-0.4, -0.2) is 31.7 Å². The summed E-state index contributed by atoms with van der Waals surface area (Å²) in [6, 6.07) is 6.16. The van der Waals surface area contributed by atoms with Crippen LogP contribution in [0.3, 0.4) is 0 Å². The number of halogens is 1. The molecule has 0 aliphatic carbocycles. The Balaban J connectivity index is 2.10. The second-order valence-electron chi connectivity index (χ2n) is 6.94. The summed E-state index contributed by atoms with van der Waals surface area (Å²) < 4.78 is 18.6. The van der Waals surface area contributed by atoms with Crippen LogP contribution in [0, 0.1) is 11.2 Å². The number of rotatable bonds is 4. The summed E-state index contributed by atoms with van der Waals surface area (Å²) in [6.07, 6.45) is 0.307. The molecule has 1 amide bonds. The quantitative estimate of drug-likeness (QED) is 0.898. The van der Waals surface area contributed by atoms with E-state index >= 15 is 0 Å². The van der Waals surface area contributed by atoms with Gasteiger partial charge in [0.2, 0.25) is 0 Å². The molecule has 1 aromatic rings. The van der Waals surface area contributed by atoms with Gasteiger partial charge in [0, 0.05) is 13.1 Å². The number of benzene rings is 1. The molecular formula is C17H25FN2O2. The first kappa shape index (κ1) is 16.9. The van der Waals surface area contributed by atoms with Crippen LogP contribution >= 0.6 is 0 Å². The normalized spacial score (nSPS) is 20.5. The highest BCUT2D eigenvalue weighted by Crippen LogP contribution is 2.29. The summed E-state index contributed by atoms with van der Waals surface area (Å²) in [5, 5.41) is 6.20. The van der Waals surface area contributed by atoms with E-state index < -0.39 is 6.10 Å². The average Bonchev–Trinajstić information content (AvgIpc) is 2.47. The molecule has 122 valence electrons. The standard InChI is InChI=1S/C17H25FN2O2/c1-17(2,3)10-14(12-4-6-13(18)7-5-12)20-16(21)15-11-19-8-9-22-15/h4-7,14-15,19H,8-11H2,1-3H3,(H,20,21). The molecule has 2 unspecified atom stereocenters. The molecule has 0 saturated carbocycles. The van der Waals surface area contributed by atoms with Gasteiger partial charge in [0.15, 0.2) is 0 Å². The van der Waals surface area contributed by atoms with Crippen LogP contribution in [0.5, 0.6) is 0 Å². The number of morpholine rings is 1. The minimum absolute atomic E-state index is 0.0397. The van der Waals surface area contributed by atoms with Crippen molar-refractivity contribution >= 4 is 5.91 Å². The monoisotopic (exact) mass is 308 g/mol. The fraction of sp³-hybridized carbons (Fsp3) is 0.588. The van der Waals surface area contributed by atoms with Gasteiger partial charge < -0.3 is 15.4 Å². The first-order valence-corrected chi connectivity index (χ1v) is 7.73. The predicted octanol–water partition coefficient (Wildman–Crippen LogP) is 2.41. The highest BCUT2D eigenvalue weighted by molar-refractivity contribution is 5.81. The van der Waals surface area contributed by atoms with Crippen LogP contribution in [0.25, 0.3) is 0 Å². The van der Waals surface area contributed by atoms with Gasteiger partial charge in [-0.2, -0.15) is 0 Å². The molecule has 0 radical (unpaired) electrons. The third kappa shape index (κ3) is 5.07. The number of hydrogen-bond acceptors (Lipinski definition) is 3. The van der Waals surface area contributed by atoms with Crippen molar-refractivity contribution in [1.29, 1.82) is 0 Å². The van der Waals surface area contributed by atoms with Gasteiger partial charge in [0.1, 0.15) is 11.9 Å². The summed E-state index contributed by atoms with van der Waals surface area (Å²) in [5.74, 6) is -0.393. The molecule has 2 N–H and O–H groups in total. The smallest absolute Gasteiger partial charge is 0.250 e. The van der Waals surface area contributed by atoms with Crippen LogP contribution in [0.4, 0.5) is 4.39 Å². The molecule has 0 spiro atoms. The van der Waals surface area contributed by atoms with Crippen LogP contribution < -0.4 is 10.6 Å². The molecule has 0 aromatic heterocycles. The maximum Gasteiger partial charge on any atom is 0.250 e. The van der Waals surface area contributed by atoms with E-state index in [9.17, 15) is 9.18 Å². The van der Waals surface area contributed by atoms with Crippen LogP contribution in [0.15, 0.2) is 24.3 Å². The summed E-state index contributed by atoms with van der Waals surface area (Å²) in [7, 11) is 0. The Morgan fingerprint density at radius 3 is 2.64 bits per heavy atom. The Labute approximate surface area is 131 Å². The van der Waals surface area contributed by atoms with E-state index in [1.165, 1.54) is 12.1 Å². The molecule has 2 rings (SSSR count). The zero-order valence-corrected chi connectivity index (χ0v) is 13.5. The molecule has 1 aliphatic rings. The molecule has 1 aromatic carbocycles. The molecule has 0 bridgehead atoms. The highest BCUT2D eigenvalue weighted by Gasteiger charge is 2.27. The number of carbonyl (C=O) groups is 1. The van der Waals surface area contributed by atoms with Gasteiger partial charge in [-0.1, -0.05) is 32.9 Å². The largest absolute Gasteiger partial charge is 0.366 e. The third-order valence-electron chi connectivity index (χ3n) is 3.63. The van der Waals surface area contributed by atoms with Crippen LogP contribution in [0.2, 0.25) is 0 Å². The topological polar surface area (TPSA) is 50.4 Å². The lowest BCUT2D eigenvalue weighted by Gasteiger charge is -2.30. The van der Waals surface area contributed by atoms with Gasteiger partial charge in [0.25, 0.3) is 5.91 Å². The maximum absolute atomic E-state index is 13.1. The zero-order chi connectivity index (χ0) is 16.2. The van der Waals surface area contributed by atoms with Gasteiger partial charge in [0.05, 0.1) is 12.6 Å². The van der Waals surface area contributed by atoms with Crippen molar-refractivity contribution in [3.63, 3.8) is 0 Å². The summed E-state index contributed by atoms with van der Waals surface area (Å²) >= 11 is 0. The maximum atomic E-state index is 13.1. The van der Waals surface area contributed by atoms with Crippen molar-refractivity contribution in [3.05, 3.63) is 35.6 Å². The Bertz CT molecular complexity index is 490. The van der Waals surface area contributed by atoms with E-state index in [0.29, 0.717) is 13.2 Å². The van der Waals surface area contributed by atoms with Crippen molar-refractivity contribution in [2.75, 3.05) is 19.7 Å². The van der Waals surface area contributed by atoms with Crippen molar-refractivity contribution < 1.29 is 13.9 Å². The third-order valence-corrected chi connectivity index (χ3v) is 3.63. The SMILES string of the molecule is CC(C)(C)CC(NC(=O)C1CNCCO1)c1ccc(F)cc1. The van der Waals surface area contributed by atoms with Gasteiger partial charge >= 0.3 is 0 Å². The minimum Gasteiger partial charge on any atom is -0.366 e. The van der Waals surface area contributed by atoms with Gasteiger partial charge in [-0.05, 0) is 29.5 Å². The molecule has 22 heavy (non-hydrogen) atoms. The summed E-state index contributed by atoms with van der Waals surface area (Å²) in [6.45, 7) is 8.19. The molecule has 1 heterocycles. The number of amides is 1. The fourth-order valence-corrected chi connectivity index (χ4v) is 2.56. The van der Waals surface area contributed by atoms with Gasteiger partial charge in [-0.15, -0.1) is 0 Å². The van der Waals surface area contributed by atoms with Crippen molar-refractivity contribution in [2.45, 2.75) is 39.3 Å². The summed E-state index contributed by atoms with van der Waals surface area (Å²) in [4.78, 5) is 12.4. The lowest BCUT2D eigenvalue weighted by atomic mass is 9.85. The Morgan fingerprint density at radius 2 is 2.09 bits per heavy atom. The Morgan fingerprint density at radius 1 is 1.41 bits per heavy atom. The number of carbonyl (C=O) groups excluding carboxylic acids is 1. The molecule has 4 nitrogen and oxygen atoms in total. The second kappa shape index (κ2) is 7.20. The number of nitrogens with one attached hydrogen (secondary N) is 2. The molecule has 2 atom stereocenters. The van der Waals surface area contributed by atoms with E-state index in [2.05, 4.69) is 31.4 Å². The predicted molar refractivity (Wildman–Crippen MR) is 84.0 cm³/mol. The van der Waals surface area contributed by atoms with Gasteiger partial charge in [-0.25, -0.2) is 4.39 Å². The van der Waals surface area contributed by atoms with E-state index in [1.54, 1.807) is 12.1 Å². The minimum atomic E-state index is -0.461. The Hall–Kier alpha value is -1.46. The molecule has 5 heteroatoms. The van der Waals surface area contributed by atoms with Crippen LogP contribution in [0.1, 0.15) is 38.8 Å². The first-order valence-electron chi connectivity index (χ1n) is 7.73. The van der Waals surface area contributed by atoms with Crippen molar-refractivity contribution in [2.24, 2.45) is 5.41 Å². The van der Waals surface area contributed by atoms with Crippen LogP contribution in [-0.2, 0) is 9.53 Å². The lowest BCUT2D eigenvalue weighted by molar-refractivity contribution is -0.135. The van der Waals surface area contributed by atoms with Crippen molar-refractivity contribution in [1.82, 2.24) is 10.6 Å². The van der Waals surface area contributed by atoms with Crippen molar-refractivity contribution in [3.8, 4) is 0 Å². The fourth-order valence-electron chi connectivity index (χ4n) is 2.56. The average molecular weight is 308 g/mol. The number of ether oxygens (including phenoxy) is 1. The lowest BCUT2D eigenvalue weighted by Crippen LogP contribution is -2.48. The van der Waals surface area contributed by atoms with E-state index in [4.69, 9.17) is 4.74 Å². The molecule has 1 saturated heterocycles. The van der Waals surface area contributed by atoms with E-state index in [0.717, 1.165) is 18.5 Å². The second-order valence-corrected chi connectivity index (χ2v) is 6.94. The number of hydrogen-bond donors (Lipinski definition) is 2. The first-order chi connectivity index (χ1) is 10.3. The zero-order valence-electron chi connectivity index (χ0n) is 13.5. The highest BCUT2D eigenvalue weighted by atomic mass is 19.1.